The van der Waals surface area contributed by atoms with E-state index in [4.69, 9.17) is 14.2 Å². The third-order valence-corrected chi connectivity index (χ3v) is 5.25. The summed E-state index contributed by atoms with van der Waals surface area (Å²) in [6, 6.07) is 14.4. The van der Waals surface area contributed by atoms with Gasteiger partial charge in [-0.25, -0.2) is 0 Å². The molecule has 164 valence electrons. The van der Waals surface area contributed by atoms with Crippen LogP contribution in [0.3, 0.4) is 0 Å². The molecule has 1 aliphatic rings. The smallest absolute Gasteiger partial charge is 0.195 e. The van der Waals surface area contributed by atoms with Crippen molar-refractivity contribution in [3.05, 3.63) is 53.6 Å². The van der Waals surface area contributed by atoms with Crippen molar-refractivity contribution < 1.29 is 14.2 Å². The molecule has 30 heavy (non-hydrogen) atoms. The molecule has 0 bridgehead atoms. The van der Waals surface area contributed by atoms with Gasteiger partial charge < -0.3 is 24.8 Å². The van der Waals surface area contributed by atoms with Crippen molar-refractivity contribution in [2.45, 2.75) is 25.9 Å². The summed E-state index contributed by atoms with van der Waals surface area (Å²) in [6.45, 7) is 3.70. The zero-order valence-electron chi connectivity index (χ0n) is 18.1. The average molecular weight is 525 g/mol. The van der Waals surface area contributed by atoms with Crippen molar-refractivity contribution in [1.29, 1.82) is 0 Å². The van der Waals surface area contributed by atoms with Gasteiger partial charge in [-0.3, -0.25) is 4.99 Å². The highest BCUT2D eigenvalue weighted by Gasteiger charge is 2.27. The second kappa shape index (κ2) is 12.0. The second-order valence-electron chi connectivity index (χ2n) is 7.25. The first-order valence-electron chi connectivity index (χ1n) is 10.0. The van der Waals surface area contributed by atoms with E-state index in [0.29, 0.717) is 23.4 Å². The largest absolute Gasteiger partial charge is 0.493 e. The van der Waals surface area contributed by atoms with E-state index in [0.717, 1.165) is 31.7 Å². The van der Waals surface area contributed by atoms with E-state index in [1.807, 2.05) is 18.2 Å². The lowest BCUT2D eigenvalue weighted by Gasteiger charge is -2.32. The van der Waals surface area contributed by atoms with Crippen molar-refractivity contribution in [2.24, 2.45) is 10.9 Å². The Morgan fingerprint density at radius 2 is 1.83 bits per heavy atom. The Morgan fingerprint density at radius 3 is 2.50 bits per heavy atom. The fraction of sp³-hybridized carbons (Fsp3) is 0.435. The van der Waals surface area contributed by atoms with Gasteiger partial charge in [-0.2, -0.15) is 0 Å². The summed E-state index contributed by atoms with van der Waals surface area (Å²) in [5, 5.41) is 6.77. The van der Waals surface area contributed by atoms with Crippen LogP contribution in [0.5, 0.6) is 11.5 Å². The number of ether oxygens (including phenoxy) is 3. The topological polar surface area (TPSA) is 64.1 Å². The number of benzene rings is 2. The molecule has 3 rings (SSSR count). The Kier molecular flexibility index (Phi) is 9.71. The van der Waals surface area contributed by atoms with E-state index in [-0.39, 0.29) is 30.1 Å². The van der Waals surface area contributed by atoms with Crippen LogP contribution in [0.2, 0.25) is 0 Å². The van der Waals surface area contributed by atoms with Crippen LogP contribution in [0.15, 0.2) is 47.5 Å². The van der Waals surface area contributed by atoms with Crippen molar-refractivity contribution in [3.8, 4) is 11.5 Å². The number of hydrogen-bond donors (Lipinski definition) is 2. The van der Waals surface area contributed by atoms with Crippen molar-refractivity contribution in [1.82, 2.24) is 5.32 Å². The molecule has 0 aromatic heterocycles. The normalized spacial score (nSPS) is 18.9. The predicted octanol–water partition coefficient (Wildman–Crippen LogP) is 4.79. The lowest BCUT2D eigenvalue weighted by molar-refractivity contribution is -0.0264. The molecule has 0 radical (unpaired) electrons. The third-order valence-electron chi connectivity index (χ3n) is 5.25. The number of aliphatic imine (C=N–C) groups is 1. The highest BCUT2D eigenvalue weighted by atomic mass is 127. The van der Waals surface area contributed by atoms with Crippen LogP contribution in [0, 0.1) is 12.8 Å². The molecular formula is C23H32IN3O3. The maximum absolute atomic E-state index is 6.13. The summed E-state index contributed by atoms with van der Waals surface area (Å²) in [7, 11) is 5.02. The van der Waals surface area contributed by atoms with Gasteiger partial charge in [0.15, 0.2) is 17.5 Å². The van der Waals surface area contributed by atoms with E-state index in [1.165, 1.54) is 11.1 Å². The molecule has 1 aliphatic heterocycles. The summed E-state index contributed by atoms with van der Waals surface area (Å²) in [4.78, 5) is 4.36. The monoisotopic (exact) mass is 525 g/mol. The number of rotatable bonds is 6. The average Bonchev–Trinajstić information content (AvgIpc) is 2.77. The molecule has 2 aromatic carbocycles. The van der Waals surface area contributed by atoms with Crippen LogP contribution in [0.1, 0.15) is 30.1 Å². The Balaban J connectivity index is 0.00000320. The van der Waals surface area contributed by atoms with Gasteiger partial charge in [0.25, 0.3) is 0 Å². The molecule has 0 aliphatic carbocycles. The molecule has 1 fully saturated rings. The molecular weight excluding hydrogens is 493 g/mol. The summed E-state index contributed by atoms with van der Waals surface area (Å²) >= 11 is 0. The van der Waals surface area contributed by atoms with E-state index in [2.05, 4.69) is 46.8 Å². The SMILES string of the molecule is CN=C(NCC1CCCOC1c1ccc(C)cc1)Nc1ccc(OC)c(OC)c1.I. The summed E-state index contributed by atoms with van der Waals surface area (Å²) in [5.74, 6) is 2.47. The number of guanidine groups is 1. The van der Waals surface area contributed by atoms with Gasteiger partial charge in [0.05, 0.1) is 20.3 Å². The zero-order chi connectivity index (χ0) is 20.6. The zero-order valence-corrected chi connectivity index (χ0v) is 20.4. The molecule has 2 aromatic rings. The first-order valence-corrected chi connectivity index (χ1v) is 10.0. The Hall–Kier alpha value is -2.00. The minimum atomic E-state index is 0. The van der Waals surface area contributed by atoms with Crippen molar-refractivity contribution >= 4 is 35.6 Å². The van der Waals surface area contributed by atoms with Crippen LogP contribution >= 0.6 is 24.0 Å². The maximum atomic E-state index is 6.13. The minimum Gasteiger partial charge on any atom is -0.493 e. The number of nitrogens with zero attached hydrogens (tertiary/aromatic N) is 1. The second-order valence-corrected chi connectivity index (χ2v) is 7.25. The number of nitrogens with one attached hydrogen (secondary N) is 2. The van der Waals surface area contributed by atoms with Crippen LogP contribution < -0.4 is 20.1 Å². The molecule has 0 saturated carbocycles. The third kappa shape index (κ3) is 6.25. The number of aryl methyl sites for hydroxylation is 1. The molecule has 0 amide bonds. The van der Waals surface area contributed by atoms with Crippen molar-refractivity contribution in [3.63, 3.8) is 0 Å². The van der Waals surface area contributed by atoms with Crippen LogP contribution in [-0.4, -0.2) is 40.4 Å². The molecule has 1 saturated heterocycles. The highest BCUT2D eigenvalue weighted by Crippen LogP contribution is 2.33. The lowest BCUT2D eigenvalue weighted by Crippen LogP contribution is -2.38. The van der Waals surface area contributed by atoms with Gasteiger partial charge in [0.1, 0.15) is 0 Å². The quantitative estimate of drug-likeness (QED) is 0.323. The van der Waals surface area contributed by atoms with E-state index >= 15 is 0 Å². The molecule has 0 spiro atoms. The Bertz CT molecular complexity index is 827. The van der Waals surface area contributed by atoms with E-state index in [1.54, 1.807) is 21.3 Å². The van der Waals surface area contributed by atoms with E-state index in [9.17, 15) is 0 Å². The van der Waals surface area contributed by atoms with Crippen molar-refractivity contribution in [2.75, 3.05) is 39.7 Å². The number of halogens is 1. The molecule has 2 N–H and O–H groups in total. The standard InChI is InChI=1S/C23H31N3O3.HI/c1-16-7-9-17(10-8-16)22-18(6-5-13-29-22)15-25-23(24-2)26-19-11-12-20(27-3)21(14-19)28-4;/h7-12,14,18,22H,5-6,13,15H2,1-4H3,(H2,24,25,26);1H. The first kappa shape index (κ1) is 24.3. The molecule has 7 heteroatoms. The Morgan fingerprint density at radius 1 is 1.10 bits per heavy atom. The molecule has 2 atom stereocenters. The van der Waals surface area contributed by atoms with Gasteiger partial charge >= 0.3 is 0 Å². The minimum absolute atomic E-state index is 0. The molecule has 6 nitrogen and oxygen atoms in total. The van der Waals surface area contributed by atoms with Gasteiger partial charge in [0, 0.05) is 37.9 Å². The van der Waals surface area contributed by atoms with E-state index < -0.39 is 0 Å². The number of hydrogen-bond acceptors (Lipinski definition) is 4. The van der Waals surface area contributed by atoms with Gasteiger partial charge in [0.2, 0.25) is 0 Å². The fourth-order valence-electron chi connectivity index (χ4n) is 3.63. The Labute approximate surface area is 196 Å². The summed E-state index contributed by atoms with van der Waals surface area (Å²) < 4.78 is 16.8. The highest BCUT2D eigenvalue weighted by molar-refractivity contribution is 14.0. The van der Waals surface area contributed by atoms with Gasteiger partial charge in [-0.05, 0) is 37.5 Å². The van der Waals surface area contributed by atoms with Crippen LogP contribution in [0.4, 0.5) is 5.69 Å². The summed E-state index contributed by atoms with van der Waals surface area (Å²) in [5.41, 5.74) is 3.38. The number of anilines is 1. The lowest BCUT2D eigenvalue weighted by atomic mass is 9.89. The number of methoxy groups -OCH3 is 2. The first-order chi connectivity index (χ1) is 14.1. The van der Waals surface area contributed by atoms with Crippen LogP contribution in [-0.2, 0) is 4.74 Å². The van der Waals surface area contributed by atoms with Crippen LogP contribution in [0.25, 0.3) is 0 Å². The van der Waals surface area contributed by atoms with Gasteiger partial charge in [-0.1, -0.05) is 29.8 Å². The van der Waals surface area contributed by atoms with Gasteiger partial charge in [-0.15, -0.1) is 24.0 Å². The molecule has 1 heterocycles. The predicted molar refractivity (Wildman–Crippen MR) is 133 cm³/mol. The maximum Gasteiger partial charge on any atom is 0.195 e. The summed E-state index contributed by atoms with van der Waals surface area (Å²) in [6.07, 6.45) is 2.31. The fourth-order valence-corrected chi connectivity index (χ4v) is 3.63. The molecule has 2 unspecified atom stereocenters.